The molecule has 0 spiro atoms. The molecule has 2 heterocycles. The van der Waals surface area contributed by atoms with Crippen molar-refractivity contribution in [2.24, 2.45) is 0 Å². The number of para-hydroxylation sites is 1. The van der Waals surface area contributed by atoms with Crippen LogP contribution in [-0.2, 0) is 11.3 Å². The highest BCUT2D eigenvalue weighted by Crippen LogP contribution is 2.18. The van der Waals surface area contributed by atoms with Gasteiger partial charge in [-0.1, -0.05) is 36.4 Å². The maximum absolute atomic E-state index is 13.1. The minimum absolute atomic E-state index is 0.116. The zero-order chi connectivity index (χ0) is 21.8. The Labute approximate surface area is 180 Å². The average Bonchev–Trinajstić information content (AvgIpc) is 3.07. The van der Waals surface area contributed by atoms with E-state index in [9.17, 15) is 14.9 Å². The molecule has 0 saturated carbocycles. The lowest BCUT2D eigenvalue weighted by molar-refractivity contribution is 0.0920. The van der Waals surface area contributed by atoms with Crippen molar-refractivity contribution in [3.05, 3.63) is 65.4 Å². The third kappa shape index (κ3) is 4.48. The summed E-state index contributed by atoms with van der Waals surface area (Å²) in [5, 5.41) is 17.3. The molecule has 3 aromatic rings. The first-order valence-electron chi connectivity index (χ1n) is 10.2. The normalized spacial score (nSPS) is 17.7. The van der Waals surface area contributed by atoms with E-state index in [1.165, 1.54) is 4.68 Å². The predicted octanol–water partition coefficient (Wildman–Crippen LogP) is 1.49. The smallest absolute Gasteiger partial charge is 0.272 e. The number of hydrogen-bond donors (Lipinski definition) is 1. The Bertz CT molecular complexity index is 1150. The fourth-order valence-electron chi connectivity index (χ4n) is 4.07. The molecule has 158 valence electrons. The van der Waals surface area contributed by atoms with Crippen molar-refractivity contribution in [1.29, 1.82) is 5.26 Å². The summed E-state index contributed by atoms with van der Waals surface area (Å²) >= 11 is 0. The largest absolute Gasteiger partial charge is 0.345 e. The molecule has 1 aliphatic rings. The lowest BCUT2D eigenvalue weighted by Gasteiger charge is -2.25. The van der Waals surface area contributed by atoms with Gasteiger partial charge >= 0.3 is 0 Å². The number of fused-ring (bicyclic) bond motifs is 1. The second-order valence-corrected chi connectivity index (χ2v) is 7.85. The number of likely N-dealkylation sites (N-methyl/N-ethyl adjacent to an activating group) is 1. The van der Waals surface area contributed by atoms with E-state index < -0.39 is 0 Å². The average molecular weight is 416 g/mol. The summed E-state index contributed by atoms with van der Waals surface area (Å²) in [7, 11) is 2.03. The molecule has 1 fully saturated rings. The Morgan fingerprint density at radius 2 is 1.97 bits per heavy atom. The van der Waals surface area contributed by atoms with Gasteiger partial charge in [-0.25, -0.2) is 4.68 Å². The summed E-state index contributed by atoms with van der Waals surface area (Å²) < 4.78 is 1.19. The van der Waals surface area contributed by atoms with Crippen LogP contribution in [0.1, 0.15) is 21.6 Å². The molecule has 8 nitrogen and oxygen atoms in total. The molecule has 1 aromatic heterocycles. The Morgan fingerprint density at radius 1 is 1.19 bits per heavy atom. The molecule has 1 amide bonds. The van der Waals surface area contributed by atoms with E-state index in [2.05, 4.69) is 26.3 Å². The number of nitrogens with zero attached hydrogens (tertiary/aromatic N) is 5. The van der Waals surface area contributed by atoms with E-state index >= 15 is 0 Å². The molecule has 1 aliphatic heterocycles. The summed E-state index contributed by atoms with van der Waals surface area (Å²) in [5.74, 6) is -0.297. The molecular weight excluding hydrogens is 392 g/mol. The van der Waals surface area contributed by atoms with Crippen molar-refractivity contribution in [3.63, 3.8) is 0 Å². The van der Waals surface area contributed by atoms with Crippen molar-refractivity contribution >= 4 is 23.2 Å². The zero-order valence-electron chi connectivity index (χ0n) is 17.4. The van der Waals surface area contributed by atoms with Crippen LogP contribution in [-0.4, -0.2) is 71.2 Å². The predicted molar refractivity (Wildman–Crippen MR) is 117 cm³/mol. The number of carbonyl (C=O) groups excluding carboxylic acids is 2. The van der Waals surface area contributed by atoms with Gasteiger partial charge in [0.1, 0.15) is 0 Å². The van der Waals surface area contributed by atoms with Crippen molar-refractivity contribution < 1.29 is 9.59 Å². The van der Waals surface area contributed by atoms with Gasteiger partial charge in [0.2, 0.25) is 6.41 Å². The van der Waals surface area contributed by atoms with Crippen molar-refractivity contribution in [3.8, 4) is 6.07 Å². The molecule has 1 atom stereocenters. The lowest BCUT2D eigenvalue weighted by atomic mass is 10.1. The fourth-order valence-corrected chi connectivity index (χ4v) is 4.07. The number of hydrogen-bond acceptors (Lipinski definition) is 6. The van der Waals surface area contributed by atoms with Crippen LogP contribution in [0.4, 0.5) is 0 Å². The minimum atomic E-state index is -0.297. The van der Waals surface area contributed by atoms with Gasteiger partial charge in [-0.2, -0.15) is 10.4 Å². The minimum Gasteiger partial charge on any atom is -0.345 e. The van der Waals surface area contributed by atoms with E-state index in [0.29, 0.717) is 42.5 Å². The maximum Gasteiger partial charge on any atom is 0.272 e. The molecular formula is C23H24N6O2. The Kier molecular flexibility index (Phi) is 6.07. The van der Waals surface area contributed by atoms with E-state index in [4.69, 9.17) is 0 Å². The second kappa shape index (κ2) is 9.08. The van der Waals surface area contributed by atoms with E-state index in [0.717, 1.165) is 18.7 Å². The number of nitriles is 1. The Morgan fingerprint density at radius 3 is 2.77 bits per heavy atom. The standard InChI is InChI=1S/C23H24N6O2/c1-27-10-11-28(13-18-7-3-2-6-17(18)12-24)15-19(14-27)25-23(31)22-20-8-4-5-9-21(20)29(16-30)26-22/h2-9,16,19H,10-11,13-15H2,1H3,(H,25,31). The molecule has 1 saturated heterocycles. The number of carbonyl (C=O) groups is 2. The van der Waals surface area contributed by atoms with Gasteiger partial charge in [0.25, 0.3) is 5.91 Å². The van der Waals surface area contributed by atoms with Crippen LogP contribution >= 0.6 is 0 Å². The molecule has 0 radical (unpaired) electrons. The van der Waals surface area contributed by atoms with Crippen molar-refractivity contribution in [2.75, 3.05) is 33.2 Å². The van der Waals surface area contributed by atoms with Gasteiger partial charge in [0.15, 0.2) is 5.69 Å². The Hall–Kier alpha value is -3.54. The molecule has 0 bridgehead atoms. The number of rotatable bonds is 5. The van der Waals surface area contributed by atoms with Gasteiger partial charge in [-0.15, -0.1) is 0 Å². The SMILES string of the molecule is CN1CCN(Cc2ccccc2C#N)CC(NC(=O)c2nn(C=O)c3ccccc23)C1. The van der Waals surface area contributed by atoms with Gasteiger partial charge in [-0.3, -0.25) is 14.5 Å². The molecule has 1 unspecified atom stereocenters. The van der Waals surface area contributed by atoms with Crippen molar-refractivity contribution in [2.45, 2.75) is 12.6 Å². The van der Waals surface area contributed by atoms with Gasteiger partial charge < -0.3 is 10.2 Å². The summed E-state index contributed by atoms with van der Waals surface area (Å²) in [5.41, 5.74) is 2.51. The molecule has 8 heteroatoms. The van der Waals surface area contributed by atoms with Crippen LogP contribution in [0.5, 0.6) is 0 Å². The first kappa shape index (κ1) is 20.7. The Balaban J connectivity index is 1.52. The third-order valence-electron chi connectivity index (χ3n) is 5.60. The topological polar surface area (TPSA) is 94.3 Å². The molecule has 2 aromatic carbocycles. The summed E-state index contributed by atoms with van der Waals surface area (Å²) in [6.45, 7) is 3.71. The van der Waals surface area contributed by atoms with E-state index in [1.54, 1.807) is 12.1 Å². The van der Waals surface area contributed by atoms with Gasteiger partial charge in [0, 0.05) is 38.1 Å². The van der Waals surface area contributed by atoms with Gasteiger partial charge in [0.05, 0.1) is 23.2 Å². The van der Waals surface area contributed by atoms with Crippen LogP contribution in [0.15, 0.2) is 48.5 Å². The first-order valence-corrected chi connectivity index (χ1v) is 10.2. The molecule has 4 rings (SSSR count). The fraction of sp³-hybridized carbons (Fsp3) is 0.304. The zero-order valence-corrected chi connectivity index (χ0v) is 17.4. The highest BCUT2D eigenvalue weighted by Gasteiger charge is 2.25. The van der Waals surface area contributed by atoms with Gasteiger partial charge in [-0.05, 0) is 24.7 Å². The van der Waals surface area contributed by atoms with Crippen LogP contribution < -0.4 is 5.32 Å². The third-order valence-corrected chi connectivity index (χ3v) is 5.60. The van der Waals surface area contributed by atoms with E-state index in [1.807, 2.05) is 43.4 Å². The lowest BCUT2D eigenvalue weighted by Crippen LogP contribution is -2.46. The second-order valence-electron chi connectivity index (χ2n) is 7.85. The van der Waals surface area contributed by atoms with Crippen LogP contribution in [0, 0.1) is 11.3 Å². The number of amides is 1. The maximum atomic E-state index is 13.1. The number of benzene rings is 2. The highest BCUT2D eigenvalue weighted by molar-refractivity contribution is 6.06. The van der Waals surface area contributed by atoms with Crippen LogP contribution in [0.2, 0.25) is 0 Å². The summed E-state index contributed by atoms with van der Waals surface area (Å²) in [4.78, 5) is 28.8. The highest BCUT2D eigenvalue weighted by atomic mass is 16.2. The summed E-state index contributed by atoms with van der Waals surface area (Å²) in [6.07, 6.45) is 0.604. The molecule has 1 N–H and O–H groups in total. The monoisotopic (exact) mass is 416 g/mol. The van der Waals surface area contributed by atoms with Crippen molar-refractivity contribution in [1.82, 2.24) is 24.9 Å². The molecule has 0 aliphatic carbocycles. The number of nitrogens with one attached hydrogen (secondary N) is 1. The van der Waals surface area contributed by atoms with Crippen LogP contribution in [0.3, 0.4) is 0 Å². The van der Waals surface area contributed by atoms with Crippen LogP contribution in [0.25, 0.3) is 10.9 Å². The molecule has 31 heavy (non-hydrogen) atoms. The summed E-state index contributed by atoms with van der Waals surface area (Å²) in [6, 6.07) is 16.9. The first-order chi connectivity index (χ1) is 15.1. The van der Waals surface area contributed by atoms with E-state index in [-0.39, 0.29) is 17.6 Å². The number of aromatic nitrogens is 2. The quantitative estimate of drug-likeness (QED) is 0.634.